The molecule has 0 unspecified atom stereocenters. The first kappa shape index (κ1) is 22.8. The molecule has 0 saturated carbocycles. The quantitative estimate of drug-likeness (QED) is 0.352. The number of amides is 1. The van der Waals surface area contributed by atoms with E-state index >= 15 is 0 Å². The highest BCUT2D eigenvalue weighted by Gasteiger charge is 2.41. The highest BCUT2D eigenvalue weighted by atomic mass is 35.5. The van der Waals surface area contributed by atoms with Gasteiger partial charge in [0.15, 0.2) is 5.78 Å². The zero-order chi connectivity index (χ0) is 24.7. The Morgan fingerprint density at radius 3 is 2.49 bits per heavy atom. The third-order valence-electron chi connectivity index (χ3n) is 6.57. The summed E-state index contributed by atoms with van der Waals surface area (Å²) in [4.78, 5) is 39.4. The van der Waals surface area contributed by atoms with E-state index in [1.807, 2.05) is 48.5 Å². The smallest absolute Gasteiger partial charge is 0.269 e. The van der Waals surface area contributed by atoms with Gasteiger partial charge < -0.3 is 5.32 Å². The Morgan fingerprint density at radius 1 is 1.03 bits per heavy atom. The summed E-state index contributed by atoms with van der Waals surface area (Å²) in [6.07, 6.45) is 0.809. The molecule has 3 aromatic rings. The summed E-state index contributed by atoms with van der Waals surface area (Å²) in [6, 6.07) is 20.2. The van der Waals surface area contributed by atoms with Gasteiger partial charge in [-0.25, -0.2) is 0 Å². The lowest BCUT2D eigenvalue weighted by molar-refractivity contribution is -0.384. The molecule has 1 amide bonds. The number of nitrogens with one attached hydrogen (secondary N) is 1. The first-order chi connectivity index (χ1) is 16.8. The van der Waals surface area contributed by atoms with Crippen LogP contribution < -0.4 is 10.2 Å². The number of allylic oxidation sites excluding steroid dienone is 1. The Morgan fingerprint density at radius 2 is 1.77 bits per heavy atom. The van der Waals surface area contributed by atoms with Crippen LogP contribution in [0.5, 0.6) is 0 Å². The number of hydrogen-bond acceptors (Lipinski definition) is 5. The number of nitro groups is 1. The van der Waals surface area contributed by atoms with Crippen LogP contribution in [0.3, 0.4) is 0 Å². The number of rotatable bonds is 3. The molecule has 0 saturated heterocycles. The molecule has 7 nitrogen and oxygen atoms in total. The summed E-state index contributed by atoms with van der Waals surface area (Å²) in [5.74, 6) is -0.431. The lowest BCUT2D eigenvalue weighted by atomic mass is 9.78. The summed E-state index contributed by atoms with van der Waals surface area (Å²) in [5, 5.41) is 15.6. The van der Waals surface area contributed by atoms with Crippen molar-refractivity contribution in [1.82, 2.24) is 0 Å². The van der Waals surface area contributed by atoms with Crippen LogP contribution in [-0.4, -0.2) is 16.6 Å². The lowest BCUT2D eigenvalue weighted by Gasteiger charge is -2.34. The molecule has 1 N–H and O–H groups in total. The van der Waals surface area contributed by atoms with Crippen LogP contribution >= 0.6 is 11.6 Å². The summed E-state index contributed by atoms with van der Waals surface area (Å²) >= 11 is 6.06. The normalized spacial score (nSPS) is 19.4. The molecule has 176 valence electrons. The topological polar surface area (TPSA) is 92.6 Å². The van der Waals surface area contributed by atoms with Gasteiger partial charge in [0.25, 0.3) is 5.69 Å². The monoisotopic (exact) mass is 487 g/mol. The second-order valence-electron chi connectivity index (χ2n) is 8.76. The van der Waals surface area contributed by atoms with Crippen LogP contribution in [-0.2, 0) is 9.59 Å². The van der Waals surface area contributed by atoms with Gasteiger partial charge in [0.2, 0.25) is 5.91 Å². The number of Topliss-reactive ketones (excluding diaryl/α,β-unsaturated/α-hetero) is 1. The predicted molar refractivity (Wildman–Crippen MR) is 135 cm³/mol. The summed E-state index contributed by atoms with van der Waals surface area (Å²) in [5.41, 5.74) is 3.91. The Hall–Kier alpha value is -3.97. The number of benzene rings is 3. The van der Waals surface area contributed by atoms with Crippen LogP contribution in [0.4, 0.5) is 17.1 Å². The van der Waals surface area contributed by atoms with Crippen molar-refractivity contribution in [3.63, 3.8) is 0 Å². The summed E-state index contributed by atoms with van der Waals surface area (Å²) < 4.78 is 0. The Balaban J connectivity index is 1.71. The van der Waals surface area contributed by atoms with Crippen LogP contribution in [0, 0.1) is 10.1 Å². The number of carbonyl (C=O) groups is 2. The largest absolute Gasteiger partial charge is 0.357 e. The van der Waals surface area contributed by atoms with Crippen molar-refractivity contribution in [3.05, 3.63) is 110 Å². The van der Waals surface area contributed by atoms with E-state index < -0.39 is 11.0 Å². The van der Waals surface area contributed by atoms with Crippen LogP contribution in [0.15, 0.2) is 84.1 Å². The minimum absolute atomic E-state index is 0.0622. The molecule has 2 atom stereocenters. The fraction of sp³-hybridized carbons (Fsp3) is 0.185. The van der Waals surface area contributed by atoms with Crippen molar-refractivity contribution in [2.45, 2.75) is 31.7 Å². The molecule has 2 aliphatic rings. The van der Waals surface area contributed by atoms with E-state index in [0.717, 1.165) is 5.56 Å². The second kappa shape index (κ2) is 9.00. The number of hydrogen-bond donors (Lipinski definition) is 1. The fourth-order valence-electron chi connectivity index (χ4n) is 5.03. The number of para-hydroxylation sites is 2. The molecule has 0 fully saturated rings. The number of halogens is 1. The number of fused-ring (bicyclic) bond motifs is 1. The Kier molecular flexibility index (Phi) is 5.86. The average Bonchev–Trinajstić information content (AvgIpc) is 2.99. The van der Waals surface area contributed by atoms with Gasteiger partial charge in [0.1, 0.15) is 0 Å². The van der Waals surface area contributed by atoms with Gasteiger partial charge >= 0.3 is 0 Å². The van der Waals surface area contributed by atoms with Gasteiger partial charge in [-0.15, -0.1) is 0 Å². The maximum absolute atomic E-state index is 13.8. The van der Waals surface area contributed by atoms with E-state index in [1.54, 1.807) is 17.0 Å². The van der Waals surface area contributed by atoms with Gasteiger partial charge in [0, 0.05) is 41.8 Å². The van der Waals surface area contributed by atoms with E-state index in [4.69, 9.17) is 11.6 Å². The Bertz CT molecular complexity index is 1380. The average molecular weight is 488 g/mol. The van der Waals surface area contributed by atoms with Crippen molar-refractivity contribution in [2.75, 3.05) is 10.2 Å². The van der Waals surface area contributed by atoms with Crippen molar-refractivity contribution < 1.29 is 14.5 Å². The van der Waals surface area contributed by atoms with Crippen LogP contribution in [0.25, 0.3) is 0 Å². The first-order valence-corrected chi connectivity index (χ1v) is 11.6. The van der Waals surface area contributed by atoms with Crippen molar-refractivity contribution >= 4 is 40.4 Å². The standard InChI is InChI=1S/C27H22ClN3O4/c1-16(32)30-24-8-3-2-7-22(24)29-23-14-19(17-9-11-20(28)12-10-17)15-25(33)26(23)27(30)18-5-4-6-21(13-18)31(34)35/h2-13,19,27,29H,14-15H2,1H3/t19-,27-/m1/s1. The molecule has 1 heterocycles. The van der Waals surface area contributed by atoms with Gasteiger partial charge in [-0.05, 0) is 47.7 Å². The third kappa shape index (κ3) is 4.19. The maximum Gasteiger partial charge on any atom is 0.269 e. The van der Waals surface area contributed by atoms with E-state index in [2.05, 4.69) is 5.32 Å². The third-order valence-corrected chi connectivity index (χ3v) is 6.82. The van der Waals surface area contributed by atoms with Gasteiger partial charge in [-0.2, -0.15) is 0 Å². The van der Waals surface area contributed by atoms with Crippen molar-refractivity contribution in [1.29, 1.82) is 0 Å². The van der Waals surface area contributed by atoms with Crippen LogP contribution in [0.1, 0.15) is 42.9 Å². The number of ketones is 1. The molecular weight excluding hydrogens is 466 g/mol. The molecule has 0 radical (unpaired) electrons. The number of anilines is 2. The fourth-order valence-corrected chi connectivity index (χ4v) is 5.16. The number of nitrogens with zero attached hydrogens (tertiary/aromatic N) is 2. The zero-order valence-electron chi connectivity index (χ0n) is 18.9. The molecule has 5 rings (SSSR count). The molecule has 0 spiro atoms. The molecule has 1 aliphatic carbocycles. The van der Waals surface area contributed by atoms with Crippen LogP contribution in [0.2, 0.25) is 5.02 Å². The SMILES string of the molecule is CC(=O)N1c2ccccc2NC2=C(C(=O)C[C@H](c3ccc(Cl)cc3)C2)[C@H]1c1cccc([N+](=O)[O-])c1. The van der Waals surface area contributed by atoms with E-state index in [1.165, 1.54) is 19.1 Å². The number of nitro benzene ring substituents is 1. The van der Waals surface area contributed by atoms with Gasteiger partial charge in [-0.1, -0.05) is 48.0 Å². The van der Waals surface area contributed by atoms with Gasteiger partial charge in [0.05, 0.1) is 22.3 Å². The Labute approximate surface area is 207 Å². The maximum atomic E-state index is 13.8. The second-order valence-corrected chi connectivity index (χ2v) is 9.19. The molecule has 8 heteroatoms. The molecular formula is C27H22ClN3O4. The number of carbonyl (C=O) groups excluding carboxylic acids is 2. The van der Waals surface area contributed by atoms with E-state index in [9.17, 15) is 19.7 Å². The summed E-state index contributed by atoms with van der Waals surface area (Å²) in [7, 11) is 0. The highest BCUT2D eigenvalue weighted by molar-refractivity contribution is 6.30. The molecule has 0 aromatic heterocycles. The van der Waals surface area contributed by atoms with Gasteiger partial charge in [-0.3, -0.25) is 24.6 Å². The molecule has 1 aliphatic heterocycles. The zero-order valence-corrected chi connectivity index (χ0v) is 19.7. The van der Waals surface area contributed by atoms with Crippen molar-refractivity contribution in [2.24, 2.45) is 0 Å². The predicted octanol–water partition coefficient (Wildman–Crippen LogP) is 6.17. The van der Waals surface area contributed by atoms with E-state index in [-0.39, 0.29) is 29.7 Å². The molecule has 3 aromatic carbocycles. The lowest BCUT2D eigenvalue weighted by Crippen LogP contribution is -2.37. The minimum Gasteiger partial charge on any atom is -0.357 e. The molecule has 35 heavy (non-hydrogen) atoms. The highest BCUT2D eigenvalue weighted by Crippen LogP contribution is 2.47. The molecule has 0 bridgehead atoms. The first-order valence-electron chi connectivity index (χ1n) is 11.3. The minimum atomic E-state index is -0.794. The van der Waals surface area contributed by atoms with E-state index in [0.29, 0.717) is 39.7 Å². The summed E-state index contributed by atoms with van der Waals surface area (Å²) in [6.45, 7) is 1.44. The number of non-ortho nitro benzene ring substituents is 1. The van der Waals surface area contributed by atoms with Crippen molar-refractivity contribution in [3.8, 4) is 0 Å².